The number of nitrogens with one attached hydrogen (secondary N) is 1. The van der Waals surface area contributed by atoms with Gasteiger partial charge in [0.05, 0.1) is 22.4 Å². The van der Waals surface area contributed by atoms with Gasteiger partial charge in [-0.2, -0.15) is 5.10 Å². The molecule has 0 aliphatic carbocycles. The van der Waals surface area contributed by atoms with Crippen LogP contribution in [0.3, 0.4) is 0 Å². The molecule has 0 fully saturated rings. The number of fused-ring (bicyclic) bond motifs is 1. The fourth-order valence-corrected chi connectivity index (χ4v) is 3.28. The van der Waals surface area contributed by atoms with Gasteiger partial charge >= 0.3 is 5.69 Å². The molecule has 136 valence electrons. The summed E-state index contributed by atoms with van der Waals surface area (Å²) in [6.07, 6.45) is 0. The van der Waals surface area contributed by atoms with Gasteiger partial charge in [-0.25, -0.2) is 4.79 Å². The Bertz CT molecular complexity index is 1080. The average Bonchev–Trinajstić information content (AvgIpc) is 3.07. The zero-order valence-corrected chi connectivity index (χ0v) is 15.5. The lowest BCUT2D eigenvalue weighted by Crippen LogP contribution is -2.15. The van der Waals surface area contributed by atoms with E-state index >= 15 is 0 Å². The highest BCUT2D eigenvalue weighted by Crippen LogP contribution is 2.33. The van der Waals surface area contributed by atoms with Gasteiger partial charge in [0.25, 0.3) is 0 Å². The van der Waals surface area contributed by atoms with Crippen molar-refractivity contribution in [3.63, 3.8) is 0 Å². The molecular formula is C18H22N6O2. The standard InChI is InChI=1S/C18H22N6O2/c1-6-20-10(3)16(22-19)12-7-13(15-9(2)23-26-11(15)4)17-14(8-12)21-18(25)24(17)5/h7-8H,6,19H2,1-5H3,(H,21,25)/b20-10?,22-16+. The smallest absolute Gasteiger partial charge is 0.326 e. The van der Waals surface area contributed by atoms with Gasteiger partial charge in [0.1, 0.15) is 11.5 Å². The molecule has 3 aromatic rings. The van der Waals surface area contributed by atoms with Crippen molar-refractivity contribution in [2.45, 2.75) is 27.7 Å². The molecule has 8 nitrogen and oxygen atoms in total. The predicted molar refractivity (Wildman–Crippen MR) is 103 cm³/mol. The van der Waals surface area contributed by atoms with Crippen molar-refractivity contribution in [1.29, 1.82) is 0 Å². The summed E-state index contributed by atoms with van der Waals surface area (Å²) >= 11 is 0. The third-order valence-corrected chi connectivity index (χ3v) is 4.43. The topological polar surface area (TPSA) is 115 Å². The van der Waals surface area contributed by atoms with E-state index in [-0.39, 0.29) is 5.69 Å². The molecule has 3 N–H and O–H groups in total. The Morgan fingerprint density at radius 3 is 2.69 bits per heavy atom. The van der Waals surface area contributed by atoms with E-state index in [1.165, 1.54) is 0 Å². The number of aryl methyl sites for hydroxylation is 3. The number of aromatic amines is 1. The van der Waals surface area contributed by atoms with Crippen LogP contribution in [0.5, 0.6) is 0 Å². The van der Waals surface area contributed by atoms with Crippen molar-refractivity contribution in [3.05, 3.63) is 39.6 Å². The molecular weight excluding hydrogens is 332 g/mol. The van der Waals surface area contributed by atoms with Crippen molar-refractivity contribution < 1.29 is 4.52 Å². The van der Waals surface area contributed by atoms with Crippen molar-refractivity contribution in [2.24, 2.45) is 23.0 Å². The van der Waals surface area contributed by atoms with Crippen LogP contribution < -0.4 is 11.5 Å². The number of hydrogen-bond acceptors (Lipinski definition) is 6. The molecule has 2 heterocycles. The molecule has 26 heavy (non-hydrogen) atoms. The summed E-state index contributed by atoms with van der Waals surface area (Å²) in [6, 6.07) is 3.81. The summed E-state index contributed by atoms with van der Waals surface area (Å²) in [6.45, 7) is 8.16. The number of hydrogen-bond donors (Lipinski definition) is 2. The molecule has 0 aliphatic rings. The fraction of sp³-hybridized carbons (Fsp3) is 0.333. The fourth-order valence-electron chi connectivity index (χ4n) is 3.28. The first-order chi connectivity index (χ1) is 12.4. The summed E-state index contributed by atoms with van der Waals surface area (Å²) in [7, 11) is 1.73. The Morgan fingerprint density at radius 1 is 1.38 bits per heavy atom. The van der Waals surface area contributed by atoms with E-state index in [0.29, 0.717) is 23.5 Å². The molecule has 8 heteroatoms. The minimum absolute atomic E-state index is 0.199. The van der Waals surface area contributed by atoms with E-state index in [9.17, 15) is 4.79 Å². The number of benzene rings is 1. The Morgan fingerprint density at radius 2 is 2.12 bits per heavy atom. The lowest BCUT2D eigenvalue weighted by atomic mass is 9.96. The second kappa shape index (κ2) is 6.62. The molecule has 0 atom stereocenters. The summed E-state index contributed by atoms with van der Waals surface area (Å²) in [4.78, 5) is 19.5. The molecule has 0 radical (unpaired) electrons. The van der Waals surface area contributed by atoms with Gasteiger partial charge in [0.15, 0.2) is 0 Å². The maximum Gasteiger partial charge on any atom is 0.326 e. The largest absolute Gasteiger partial charge is 0.361 e. The Balaban J connectivity index is 2.40. The minimum Gasteiger partial charge on any atom is -0.361 e. The predicted octanol–water partition coefficient (Wildman–Crippen LogP) is 2.28. The lowest BCUT2D eigenvalue weighted by molar-refractivity contribution is 0.393. The molecule has 0 amide bonds. The van der Waals surface area contributed by atoms with Gasteiger partial charge in [-0.05, 0) is 39.8 Å². The van der Waals surface area contributed by atoms with Crippen molar-refractivity contribution in [3.8, 4) is 11.1 Å². The van der Waals surface area contributed by atoms with E-state index in [4.69, 9.17) is 10.4 Å². The van der Waals surface area contributed by atoms with Crippen LogP contribution in [0.2, 0.25) is 0 Å². The first kappa shape index (κ1) is 17.7. The summed E-state index contributed by atoms with van der Waals surface area (Å²) in [5.41, 5.74) is 5.78. The molecule has 0 aliphatic heterocycles. The third-order valence-electron chi connectivity index (χ3n) is 4.43. The third kappa shape index (κ3) is 2.73. The second-order valence-electron chi connectivity index (χ2n) is 6.15. The number of hydrazone groups is 1. The number of rotatable bonds is 4. The number of aliphatic imine (C=N–C) groups is 1. The van der Waals surface area contributed by atoms with Gasteiger partial charge < -0.3 is 15.3 Å². The minimum atomic E-state index is -0.199. The number of nitrogens with zero attached hydrogens (tertiary/aromatic N) is 4. The summed E-state index contributed by atoms with van der Waals surface area (Å²) < 4.78 is 6.91. The van der Waals surface area contributed by atoms with Gasteiger partial charge in [0.2, 0.25) is 0 Å². The quantitative estimate of drug-likeness (QED) is 0.425. The van der Waals surface area contributed by atoms with Crippen LogP contribution in [-0.2, 0) is 7.05 Å². The number of H-pyrrole nitrogens is 1. The number of nitrogens with two attached hydrogens (primary N) is 1. The van der Waals surface area contributed by atoms with E-state index in [1.54, 1.807) is 11.6 Å². The molecule has 3 rings (SSSR count). The molecule has 0 spiro atoms. The molecule has 0 unspecified atom stereocenters. The van der Waals surface area contributed by atoms with Gasteiger partial charge in [-0.15, -0.1) is 0 Å². The molecule has 2 aromatic heterocycles. The van der Waals surface area contributed by atoms with E-state index in [2.05, 4.69) is 20.2 Å². The summed E-state index contributed by atoms with van der Waals surface area (Å²) in [5, 5.41) is 7.97. The Hall–Kier alpha value is -3.16. The molecule has 0 bridgehead atoms. The van der Waals surface area contributed by atoms with E-state index in [1.807, 2.05) is 39.8 Å². The second-order valence-corrected chi connectivity index (χ2v) is 6.15. The van der Waals surface area contributed by atoms with Crippen molar-refractivity contribution in [2.75, 3.05) is 6.54 Å². The molecule has 0 saturated carbocycles. The van der Waals surface area contributed by atoms with Crippen molar-refractivity contribution in [1.82, 2.24) is 14.7 Å². The normalized spacial score (nSPS) is 13.0. The van der Waals surface area contributed by atoms with Crippen LogP contribution in [0.25, 0.3) is 22.2 Å². The van der Waals surface area contributed by atoms with Crippen LogP contribution in [-0.4, -0.2) is 32.7 Å². The zero-order valence-electron chi connectivity index (χ0n) is 15.5. The van der Waals surface area contributed by atoms with Crippen molar-refractivity contribution >= 4 is 22.5 Å². The van der Waals surface area contributed by atoms with Crippen LogP contribution in [0.1, 0.15) is 30.9 Å². The van der Waals surface area contributed by atoms with Gasteiger partial charge in [0, 0.05) is 30.3 Å². The maximum atomic E-state index is 12.2. The number of aromatic nitrogens is 3. The SMILES string of the molecule is CCN=C(C)/C(=N\N)c1cc(-c2c(C)noc2C)c2c(c1)[nH]c(=O)n2C. The zero-order chi connectivity index (χ0) is 19.0. The van der Waals surface area contributed by atoms with Gasteiger partial charge in [-0.3, -0.25) is 9.56 Å². The number of imidazole rings is 1. The Kier molecular flexibility index (Phi) is 4.50. The van der Waals surface area contributed by atoms with Crippen LogP contribution in [0.15, 0.2) is 31.5 Å². The first-order valence-corrected chi connectivity index (χ1v) is 8.34. The highest BCUT2D eigenvalue weighted by molar-refractivity contribution is 6.48. The van der Waals surface area contributed by atoms with Crippen LogP contribution in [0, 0.1) is 13.8 Å². The highest BCUT2D eigenvalue weighted by atomic mass is 16.5. The maximum absolute atomic E-state index is 12.2. The molecule has 0 saturated heterocycles. The Labute approximate surface area is 150 Å². The monoisotopic (exact) mass is 354 g/mol. The van der Waals surface area contributed by atoms with Gasteiger partial charge in [-0.1, -0.05) is 5.16 Å². The lowest BCUT2D eigenvalue weighted by Gasteiger charge is -2.10. The molecule has 1 aromatic carbocycles. The highest BCUT2D eigenvalue weighted by Gasteiger charge is 2.20. The average molecular weight is 354 g/mol. The van der Waals surface area contributed by atoms with E-state index in [0.717, 1.165) is 33.6 Å². The van der Waals surface area contributed by atoms with E-state index < -0.39 is 0 Å². The summed E-state index contributed by atoms with van der Waals surface area (Å²) in [5.74, 6) is 6.32. The van der Waals surface area contributed by atoms with Crippen LogP contribution in [0.4, 0.5) is 0 Å². The van der Waals surface area contributed by atoms with Crippen LogP contribution >= 0.6 is 0 Å². The first-order valence-electron chi connectivity index (χ1n) is 8.34.